The van der Waals surface area contributed by atoms with Crippen molar-refractivity contribution in [3.63, 3.8) is 0 Å². The standard InChI is InChI=1S/C20H24FN3O3/c1-3-27-18-7-5-4-6-15(18)13-23-8-9-24(14(2)12-23)20(26)17-10-16(21)11-22-19(17)25/h4-7,10-11,14H,3,8-9,12-13H2,1-2H3,(H,22,25). The topological polar surface area (TPSA) is 65.6 Å². The highest BCUT2D eigenvalue weighted by atomic mass is 19.1. The van der Waals surface area contributed by atoms with Gasteiger partial charge in [-0.05, 0) is 26.0 Å². The van der Waals surface area contributed by atoms with Crippen molar-refractivity contribution in [1.29, 1.82) is 0 Å². The van der Waals surface area contributed by atoms with E-state index in [4.69, 9.17) is 4.74 Å². The lowest BCUT2D eigenvalue weighted by Gasteiger charge is -2.40. The highest BCUT2D eigenvalue weighted by Crippen LogP contribution is 2.22. The van der Waals surface area contributed by atoms with Gasteiger partial charge in [0.1, 0.15) is 17.1 Å². The Morgan fingerprint density at radius 1 is 1.33 bits per heavy atom. The number of hydrogen-bond donors (Lipinski definition) is 1. The first-order chi connectivity index (χ1) is 13.0. The van der Waals surface area contributed by atoms with Gasteiger partial charge in [0, 0.05) is 44.0 Å². The molecule has 1 aromatic carbocycles. The van der Waals surface area contributed by atoms with Gasteiger partial charge in [-0.3, -0.25) is 14.5 Å². The van der Waals surface area contributed by atoms with Crippen molar-refractivity contribution in [3.8, 4) is 5.75 Å². The van der Waals surface area contributed by atoms with E-state index in [0.29, 0.717) is 26.2 Å². The molecule has 1 N–H and O–H groups in total. The number of nitrogens with one attached hydrogen (secondary N) is 1. The van der Waals surface area contributed by atoms with Gasteiger partial charge in [-0.15, -0.1) is 0 Å². The number of benzene rings is 1. The average molecular weight is 373 g/mol. The summed E-state index contributed by atoms with van der Waals surface area (Å²) in [5.74, 6) is -0.188. The fourth-order valence-electron chi connectivity index (χ4n) is 3.42. The molecule has 1 amide bonds. The van der Waals surface area contributed by atoms with Crippen LogP contribution in [0.15, 0.2) is 41.3 Å². The summed E-state index contributed by atoms with van der Waals surface area (Å²) in [6.07, 6.45) is 0.955. The molecular weight excluding hydrogens is 349 g/mol. The van der Waals surface area contributed by atoms with Crippen LogP contribution in [0.2, 0.25) is 0 Å². The van der Waals surface area contributed by atoms with Crippen molar-refractivity contribution in [2.24, 2.45) is 0 Å². The minimum absolute atomic E-state index is 0.0897. The van der Waals surface area contributed by atoms with Crippen molar-refractivity contribution in [1.82, 2.24) is 14.8 Å². The van der Waals surface area contributed by atoms with Crippen molar-refractivity contribution >= 4 is 5.91 Å². The van der Waals surface area contributed by atoms with E-state index in [9.17, 15) is 14.0 Å². The molecule has 0 bridgehead atoms. The van der Waals surface area contributed by atoms with Crippen molar-refractivity contribution < 1.29 is 13.9 Å². The molecule has 0 saturated carbocycles. The van der Waals surface area contributed by atoms with Gasteiger partial charge in [0.25, 0.3) is 11.5 Å². The summed E-state index contributed by atoms with van der Waals surface area (Å²) in [6, 6.07) is 8.84. The summed E-state index contributed by atoms with van der Waals surface area (Å²) in [4.78, 5) is 30.7. The number of halogens is 1. The molecule has 27 heavy (non-hydrogen) atoms. The first-order valence-corrected chi connectivity index (χ1v) is 9.12. The Balaban J connectivity index is 1.68. The van der Waals surface area contributed by atoms with Crippen LogP contribution in [0, 0.1) is 5.82 Å². The Kier molecular flexibility index (Phi) is 5.91. The van der Waals surface area contributed by atoms with E-state index < -0.39 is 17.3 Å². The maximum Gasteiger partial charge on any atom is 0.260 e. The summed E-state index contributed by atoms with van der Waals surface area (Å²) in [6.45, 7) is 7.04. The lowest BCUT2D eigenvalue weighted by atomic mass is 10.1. The van der Waals surface area contributed by atoms with Crippen LogP contribution in [-0.4, -0.2) is 53.0 Å². The van der Waals surface area contributed by atoms with Crippen LogP contribution in [0.25, 0.3) is 0 Å². The van der Waals surface area contributed by atoms with Gasteiger partial charge in [0.15, 0.2) is 0 Å². The highest BCUT2D eigenvalue weighted by Gasteiger charge is 2.29. The number of H-pyrrole nitrogens is 1. The van der Waals surface area contributed by atoms with E-state index in [0.717, 1.165) is 30.1 Å². The summed E-state index contributed by atoms with van der Waals surface area (Å²) >= 11 is 0. The zero-order valence-electron chi connectivity index (χ0n) is 15.6. The van der Waals surface area contributed by atoms with Gasteiger partial charge in [-0.1, -0.05) is 18.2 Å². The molecule has 0 radical (unpaired) electrons. The number of carbonyl (C=O) groups is 1. The number of rotatable bonds is 5. The number of amides is 1. The Morgan fingerprint density at radius 3 is 2.85 bits per heavy atom. The summed E-state index contributed by atoms with van der Waals surface area (Å²) in [5, 5.41) is 0. The fraction of sp³-hybridized carbons (Fsp3) is 0.400. The second kappa shape index (κ2) is 8.35. The zero-order valence-corrected chi connectivity index (χ0v) is 15.6. The summed E-state index contributed by atoms with van der Waals surface area (Å²) in [5.41, 5.74) is 0.381. The van der Waals surface area contributed by atoms with E-state index in [1.165, 1.54) is 0 Å². The largest absolute Gasteiger partial charge is 0.494 e. The SMILES string of the molecule is CCOc1ccccc1CN1CCN(C(=O)c2cc(F)c[nH]c2=O)C(C)C1. The minimum Gasteiger partial charge on any atom is -0.494 e. The van der Waals surface area contributed by atoms with Gasteiger partial charge in [-0.25, -0.2) is 4.39 Å². The molecule has 1 saturated heterocycles. The second-order valence-corrected chi connectivity index (χ2v) is 6.68. The Morgan fingerprint density at radius 2 is 2.11 bits per heavy atom. The fourth-order valence-corrected chi connectivity index (χ4v) is 3.42. The van der Waals surface area contributed by atoms with Crippen LogP contribution in [0.1, 0.15) is 29.8 Å². The predicted octanol–water partition coefficient (Wildman–Crippen LogP) is 2.26. The average Bonchev–Trinajstić information content (AvgIpc) is 2.65. The number of para-hydroxylation sites is 1. The van der Waals surface area contributed by atoms with E-state index in [-0.39, 0.29) is 11.6 Å². The van der Waals surface area contributed by atoms with Crippen molar-refractivity contribution in [2.75, 3.05) is 26.2 Å². The smallest absolute Gasteiger partial charge is 0.260 e. The third-order valence-electron chi connectivity index (χ3n) is 4.74. The second-order valence-electron chi connectivity index (χ2n) is 6.68. The number of ether oxygens (including phenoxy) is 1. The van der Waals surface area contributed by atoms with Crippen LogP contribution in [0.3, 0.4) is 0 Å². The molecule has 1 fully saturated rings. The van der Waals surface area contributed by atoms with Crippen molar-refractivity contribution in [3.05, 3.63) is 63.8 Å². The predicted molar refractivity (Wildman–Crippen MR) is 100 cm³/mol. The van der Waals surface area contributed by atoms with Gasteiger partial charge in [-0.2, -0.15) is 0 Å². The van der Waals surface area contributed by atoms with E-state index in [1.807, 2.05) is 38.1 Å². The third kappa shape index (κ3) is 4.36. The molecule has 6 nitrogen and oxygen atoms in total. The van der Waals surface area contributed by atoms with Crippen LogP contribution in [0.5, 0.6) is 5.75 Å². The number of hydrogen-bond acceptors (Lipinski definition) is 4. The molecule has 1 aliphatic rings. The number of piperazine rings is 1. The lowest BCUT2D eigenvalue weighted by Crippen LogP contribution is -2.54. The van der Waals surface area contributed by atoms with Crippen molar-refractivity contribution in [2.45, 2.75) is 26.4 Å². The minimum atomic E-state index is -0.628. The maximum absolute atomic E-state index is 13.4. The Bertz CT molecular complexity index is 868. The number of aromatic nitrogens is 1. The number of aromatic amines is 1. The molecule has 1 aromatic heterocycles. The van der Waals surface area contributed by atoms with Gasteiger partial charge < -0.3 is 14.6 Å². The molecule has 1 unspecified atom stereocenters. The number of carbonyl (C=O) groups excluding carboxylic acids is 1. The molecule has 144 valence electrons. The quantitative estimate of drug-likeness (QED) is 0.873. The van der Waals surface area contributed by atoms with Crippen LogP contribution in [0.4, 0.5) is 4.39 Å². The van der Waals surface area contributed by atoms with Crippen LogP contribution < -0.4 is 10.3 Å². The maximum atomic E-state index is 13.4. The van der Waals surface area contributed by atoms with E-state index in [1.54, 1.807) is 4.90 Å². The normalized spacial score (nSPS) is 17.7. The number of pyridine rings is 1. The molecule has 2 aromatic rings. The summed E-state index contributed by atoms with van der Waals surface area (Å²) in [7, 11) is 0. The molecule has 1 aliphatic heterocycles. The monoisotopic (exact) mass is 373 g/mol. The molecular formula is C20H24FN3O3. The molecule has 0 spiro atoms. The zero-order chi connectivity index (χ0) is 19.4. The molecule has 0 aliphatic carbocycles. The van der Waals surface area contributed by atoms with E-state index >= 15 is 0 Å². The third-order valence-corrected chi connectivity index (χ3v) is 4.74. The molecule has 3 rings (SSSR count). The molecule has 2 heterocycles. The first kappa shape index (κ1) is 19.1. The summed E-state index contributed by atoms with van der Waals surface area (Å²) < 4.78 is 19.1. The number of nitrogens with zero attached hydrogens (tertiary/aromatic N) is 2. The first-order valence-electron chi connectivity index (χ1n) is 9.12. The van der Waals surface area contributed by atoms with E-state index in [2.05, 4.69) is 9.88 Å². The highest BCUT2D eigenvalue weighted by molar-refractivity contribution is 5.94. The lowest BCUT2D eigenvalue weighted by molar-refractivity contribution is 0.0471. The van der Waals surface area contributed by atoms with Gasteiger partial charge in [0.05, 0.1) is 6.61 Å². The van der Waals surface area contributed by atoms with Gasteiger partial charge >= 0.3 is 0 Å². The molecule has 7 heteroatoms. The van der Waals surface area contributed by atoms with Gasteiger partial charge in [0.2, 0.25) is 0 Å². The van der Waals surface area contributed by atoms with Crippen LogP contribution >= 0.6 is 0 Å². The Labute approximate surface area is 157 Å². The molecule has 1 atom stereocenters. The van der Waals surface area contributed by atoms with Crippen LogP contribution in [-0.2, 0) is 6.54 Å². The Hall–Kier alpha value is -2.67.